The quantitative estimate of drug-likeness (QED) is 0.382. The van der Waals surface area contributed by atoms with Crippen LogP contribution in [0.25, 0.3) is 0 Å². The molecule has 8 nitrogen and oxygen atoms in total. The Morgan fingerprint density at radius 3 is 2.52 bits per heavy atom. The van der Waals surface area contributed by atoms with E-state index < -0.39 is 0 Å². The Bertz CT molecular complexity index is 615. The summed E-state index contributed by atoms with van der Waals surface area (Å²) in [7, 11) is 1.95. The highest BCUT2D eigenvalue weighted by molar-refractivity contribution is 5.81. The predicted octanol–water partition coefficient (Wildman–Crippen LogP) is 0.628. The van der Waals surface area contributed by atoms with Gasteiger partial charge in [0.2, 0.25) is 5.91 Å². The van der Waals surface area contributed by atoms with Gasteiger partial charge in [-0.05, 0) is 32.6 Å². The molecule has 2 saturated carbocycles. The van der Waals surface area contributed by atoms with Gasteiger partial charge in [-0.15, -0.1) is 10.2 Å². The molecule has 3 rings (SSSR count). The van der Waals surface area contributed by atoms with Gasteiger partial charge in [-0.2, -0.15) is 0 Å². The van der Waals surface area contributed by atoms with Gasteiger partial charge in [0.05, 0.1) is 0 Å². The zero-order chi connectivity index (χ0) is 17.6. The number of aromatic nitrogens is 3. The van der Waals surface area contributed by atoms with Gasteiger partial charge < -0.3 is 20.5 Å². The Balaban J connectivity index is 1.51. The van der Waals surface area contributed by atoms with Gasteiger partial charge in [-0.1, -0.05) is 12.8 Å². The monoisotopic (exact) mass is 347 g/mol. The number of amides is 1. The van der Waals surface area contributed by atoms with Crippen LogP contribution in [0.5, 0.6) is 0 Å². The van der Waals surface area contributed by atoms with E-state index in [1.807, 2.05) is 18.5 Å². The molecule has 0 spiro atoms. The summed E-state index contributed by atoms with van der Waals surface area (Å²) in [4.78, 5) is 16.3. The summed E-state index contributed by atoms with van der Waals surface area (Å²) >= 11 is 0. The summed E-state index contributed by atoms with van der Waals surface area (Å²) in [6, 6.07) is 0.480. The molecule has 0 bridgehead atoms. The van der Waals surface area contributed by atoms with Gasteiger partial charge in [0, 0.05) is 32.1 Å². The average molecular weight is 347 g/mol. The number of rotatable bonds is 7. The fourth-order valence-corrected chi connectivity index (χ4v) is 3.01. The number of guanidine groups is 1. The van der Waals surface area contributed by atoms with Crippen molar-refractivity contribution in [1.29, 1.82) is 0 Å². The zero-order valence-electron chi connectivity index (χ0n) is 15.2. The molecule has 0 radical (unpaired) electrons. The summed E-state index contributed by atoms with van der Waals surface area (Å²) in [6.07, 6.45) is 6.97. The Morgan fingerprint density at radius 2 is 1.88 bits per heavy atom. The van der Waals surface area contributed by atoms with Crippen LogP contribution in [-0.2, 0) is 18.4 Å². The smallest absolute Gasteiger partial charge is 0.223 e. The molecule has 2 fully saturated rings. The summed E-state index contributed by atoms with van der Waals surface area (Å²) in [6.45, 7) is 3.69. The van der Waals surface area contributed by atoms with Crippen LogP contribution < -0.4 is 16.0 Å². The maximum absolute atomic E-state index is 11.7. The molecule has 3 N–H and O–H groups in total. The molecular formula is C17H29N7O. The lowest BCUT2D eigenvalue weighted by Gasteiger charge is -2.17. The molecule has 0 atom stereocenters. The minimum atomic E-state index is 0.179. The van der Waals surface area contributed by atoms with Crippen molar-refractivity contribution < 1.29 is 4.79 Å². The maximum atomic E-state index is 11.7. The number of nitrogens with zero attached hydrogens (tertiary/aromatic N) is 4. The number of hydrogen-bond donors (Lipinski definition) is 3. The Kier molecular flexibility index (Phi) is 5.88. The zero-order valence-corrected chi connectivity index (χ0v) is 15.2. The van der Waals surface area contributed by atoms with Gasteiger partial charge in [0.25, 0.3) is 0 Å². The Labute approximate surface area is 148 Å². The topological polar surface area (TPSA) is 96.2 Å². The first-order chi connectivity index (χ1) is 12.1. The molecule has 25 heavy (non-hydrogen) atoms. The van der Waals surface area contributed by atoms with Crippen LogP contribution in [0, 0.1) is 12.8 Å². The van der Waals surface area contributed by atoms with Gasteiger partial charge in [-0.3, -0.25) is 4.79 Å². The van der Waals surface area contributed by atoms with Gasteiger partial charge >= 0.3 is 0 Å². The predicted molar refractivity (Wildman–Crippen MR) is 96.0 cm³/mol. The van der Waals surface area contributed by atoms with E-state index in [0.717, 1.165) is 30.5 Å². The van der Waals surface area contributed by atoms with Crippen molar-refractivity contribution in [2.24, 2.45) is 18.0 Å². The summed E-state index contributed by atoms with van der Waals surface area (Å²) < 4.78 is 1.95. The molecular weight excluding hydrogens is 318 g/mol. The number of nitrogens with one attached hydrogen (secondary N) is 3. The number of carbonyl (C=O) groups excluding carboxylic acids is 1. The van der Waals surface area contributed by atoms with E-state index >= 15 is 0 Å². The molecule has 138 valence electrons. The first kappa shape index (κ1) is 17.7. The highest BCUT2D eigenvalue weighted by Crippen LogP contribution is 2.28. The first-order valence-electron chi connectivity index (χ1n) is 9.31. The standard InChI is InChI=1S/C17H29N7O/c1-12-22-23-15(24(12)2)11-20-17(21-14-5-3-4-6-14)19-10-9-18-16(25)13-7-8-13/h13-14H,3-11H2,1-2H3,(H,18,25)(H2,19,20,21). The average Bonchev–Trinajstić information content (AvgIpc) is 3.25. The molecule has 1 aromatic heterocycles. The van der Waals surface area contributed by atoms with Crippen molar-refractivity contribution in [3.05, 3.63) is 11.6 Å². The first-order valence-corrected chi connectivity index (χ1v) is 9.31. The minimum absolute atomic E-state index is 0.179. The third-order valence-electron chi connectivity index (χ3n) is 4.92. The number of aryl methyl sites for hydroxylation is 1. The van der Waals surface area contributed by atoms with Crippen LogP contribution in [0.1, 0.15) is 50.2 Å². The van der Waals surface area contributed by atoms with Crippen LogP contribution in [0.4, 0.5) is 0 Å². The maximum Gasteiger partial charge on any atom is 0.223 e. The Hall–Kier alpha value is -2.12. The van der Waals surface area contributed by atoms with Crippen LogP contribution >= 0.6 is 0 Å². The normalized spacial score (nSPS) is 18.4. The highest BCUT2D eigenvalue weighted by Gasteiger charge is 2.29. The van der Waals surface area contributed by atoms with Crippen LogP contribution in [0.2, 0.25) is 0 Å². The van der Waals surface area contributed by atoms with Crippen molar-refractivity contribution in [2.75, 3.05) is 13.1 Å². The van der Waals surface area contributed by atoms with E-state index in [2.05, 4.69) is 31.1 Å². The molecule has 2 aliphatic carbocycles. The summed E-state index contributed by atoms with van der Waals surface area (Å²) in [5.74, 6) is 2.94. The van der Waals surface area contributed by atoms with Gasteiger partial charge in [0.15, 0.2) is 11.8 Å². The molecule has 1 heterocycles. The van der Waals surface area contributed by atoms with Crippen molar-refractivity contribution >= 4 is 11.9 Å². The second-order valence-corrected chi connectivity index (χ2v) is 7.01. The number of carbonyl (C=O) groups is 1. The lowest BCUT2D eigenvalue weighted by molar-refractivity contribution is -0.122. The molecule has 2 aliphatic rings. The third kappa shape index (κ3) is 5.17. The number of aliphatic imine (C=N–C) groups is 1. The third-order valence-corrected chi connectivity index (χ3v) is 4.92. The van der Waals surface area contributed by atoms with Crippen molar-refractivity contribution in [3.8, 4) is 0 Å². The van der Waals surface area contributed by atoms with Gasteiger partial charge in [-0.25, -0.2) is 4.99 Å². The summed E-state index contributed by atoms with van der Waals surface area (Å²) in [5, 5.41) is 18.0. The van der Waals surface area contributed by atoms with Crippen LogP contribution in [0.3, 0.4) is 0 Å². The van der Waals surface area contributed by atoms with Crippen molar-refractivity contribution in [3.63, 3.8) is 0 Å². The van der Waals surface area contributed by atoms with Gasteiger partial charge in [0.1, 0.15) is 12.4 Å². The molecule has 0 aromatic carbocycles. The molecule has 0 aliphatic heterocycles. The molecule has 0 saturated heterocycles. The largest absolute Gasteiger partial charge is 0.355 e. The second-order valence-electron chi connectivity index (χ2n) is 7.01. The highest BCUT2D eigenvalue weighted by atomic mass is 16.2. The van der Waals surface area contributed by atoms with E-state index in [9.17, 15) is 4.79 Å². The van der Waals surface area contributed by atoms with Crippen LogP contribution in [-0.4, -0.2) is 45.8 Å². The van der Waals surface area contributed by atoms with E-state index in [1.54, 1.807) is 0 Å². The van der Waals surface area contributed by atoms with E-state index in [1.165, 1.54) is 25.7 Å². The molecule has 8 heteroatoms. The summed E-state index contributed by atoms with van der Waals surface area (Å²) in [5.41, 5.74) is 0. The molecule has 1 aromatic rings. The Morgan fingerprint density at radius 1 is 1.16 bits per heavy atom. The van der Waals surface area contributed by atoms with Crippen LogP contribution in [0.15, 0.2) is 4.99 Å². The molecule has 0 unspecified atom stereocenters. The fourth-order valence-electron chi connectivity index (χ4n) is 3.01. The van der Waals surface area contributed by atoms with Crippen molar-refractivity contribution in [1.82, 2.24) is 30.7 Å². The second kappa shape index (κ2) is 8.31. The molecule has 1 amide bonds. The SMILES string of the molecule is Cc1nnc(CN=C(NCCNC(=O)C2CC2)NC2CCCC2)n1C. The van der Waals surface area contributed by atoms with E-state index in [-0.39, 0.29) is 11.8 Å². The number of hydrogen-bond acceptors (Lipinski definition) is 4. The lowest BCUT2D eigenvalue weighted by atomic mass is 10.2. The van der Waals surface area contributed by atoms with E-state index in [4.69, 9.17) is 0 Å². The fraction of sp³-hybridized carbons (Fsp3) is 0.765. The minimum Gasteiger partial charge on any atom is -0.355 e. The van der Waals surface area contributed by atoms with Crippen molar-refractivity contribution in [2.45, 2.75) is 58.0 Å². The van der Waals surface area contributed by atoms with E-state index in [0.29, 0.717) is 25.7 Å². The lowest BCUT2D eigenvalue weighted by Crippen LogP contribution is -2.45.